The highest BCUT2D eigenvalue weighted by molar-refractivity contribution is 7.11. The normalized spacial score (nSPS) is 15.9. The predicted octanol–water partition coefficient (Wildman–Crippen LogP) is 4.37. The van der Waals surface area contributed by atoms with Gasteiger partial charge in [0.05, 0.1) is 13.1 Å². The average Bonchev–Trinajstić information content (AvgIpc) is 3.62. The first-order valence-corrected chi connectivity index (χ1v) is 11.2. The van der Waals surface area contributed by atoms with E-state index in [0.29, 0.717) is 25.6 Å². The van der Waals surface area contributed by atoms with Crippen LogP contribution in [0.15, 0.2) is 36.4 Å². The van der Waals surface area contributed by atoms with Crippen LogP contribution in [0.2, 0.25) is 0 Å². The van der Waals surface area contributed by atoms with Crippen molar-refractivity contribution in [1.29, 1.82) is 0 Å². The van der Waals surface area contributed by atoms with E-state index in [-0.39, 0.29) is 30.1 Å². The van der Waals surface area contributed by atoms with Crippen molar-refractivity contribution in [2.75, 3.05) is 13.1 Å². The Balaban J connectivity index is 1.48. The van der Waals surface area contributed by atoms with Gasteiger partial charge in [-0.25, -0.2) is 4.39 Å². The largest absolute Gasteiger partial charge is 0.333 e. The van der Waals surface area contributed by atoms with Gasteiger partial charge < -0.3 is 9.80 Å². The molecule has 4 rings (SSSR count). The number of carbonyl (C=O) groups is 2. The van der Waals surface area contributed by atoms with Gasteiger partial charge in [-0.15, -0.1) is 11.3 Å². The van der Waals surface area contributed by atoms with Crippen LogP contribution in [-0.4, -0.2) is 34.7 Å². The number of aryl methyl sites for hydroxylation is 1. The Kier molecular flexibility index (Phi) is 5.99. The lowest BCUT2D eigenvalue weighted by atomic mass is 10.2. The van der Waals surface area contributed by atoms with E-state index in [4.69, 9.17) is 0 Å². The monoisotopic (exact) mass is 414 g/mol. The third-order valence-corrected chi connectivity index (χ3v) is 6.51. The van der Waals surface area contributed by atoms with Crippen LogP contribution in [0.4, 0.5) is 4.39 Å². The number of benzene rings is 1. The lowest BCUT2D eigenvalue weighted by Crippen LogP contribution is -2.43. The number of hydrogen-bond acceptors (Lipinski definition) is 3. The quantitative estimate of drug-likeness (QED) is 0.611. The maximum Gasteiger partial charge on any atom is 0.242 e. The van der Waals surface area contributed by atoms with Crippen LogP contribution in [0.25, 0.3) is 0 Å². The zero-order valence-corrected chi connectivity index (χ0v) is 17.6. The summed E-state index contributed by atoms with van der Waals surface area (Å²) in [6.07, 6.45) is 4.19. The molecule has 1 aromatic heterocycles. The van der Waals surface area contributed by atoms with Crippen molar-refractivity contribution in [3.05, 3.63) is 57.5 Å². The highest BCUT2D eigenvalue weighted by atomic mass is 32.1. The molecule has 1 heterocycles. The zero-order chi connectivity index (χ0) is 20.4. The third kappa shape index (κ3) is 5.66. The number of nitrogens with zero attached hydrogens (tertiary/aromatic N) is 2. The molecule has 6 heteroatoms. The molecule has 0 unspecified atom stereocenters. The molecule has 1 aromatic carbocycles. The van der Waals surface area contributed by atoms with E-state index in [1.165, 1.54) is 17.0 Å². The Hall–Kier alpha value is -2.21. The lowest BCUT2D eigenvalue weighted by molar-refractivity contribution is -0.142. The summed E-state index contributed by atoms with van der Waals surface area (Å²) in [5.41, 5.74) is 0.885. The van der Waals surface area contributed by atoms with Gasteiger partial charge in [-0.2, -0.15) is 0 Å². The fourth-order valence-electron chi connectivity index (χ4n) is 3.50. The summed E-state index contributed by atoms with van der Waals surface area (Å²) in [4.78, 5) is 31.8. The second kappa shape index (κ2) is 8.66. The maximum absolute atomic E-state index is 13.3. The van der Waals surface area contributed by atoms with Crippen molar-refractivity contribution < 1.29 is 14.0 Å². The average molecular weight is 415 g/mol. The minimum Gasteiger partial charge on any atom is -0.333 e. The van der Waals surface area contributed by atoms with Crippen molar-refractivity contribution in [3.63, 3.8) is 0 Å². The molecule has 4 nitrogen and oxygen atoms in total. The number of rotatable bonds is 9. The van der Waals surface area contributed by atoms with Gasteiger partial charge in [-0.05, 0) is 68.4 Å². The van der Waals surface area contributed by atoms with E-state index in [0.717, 1.165) is 36.1 Å². The summed E-state index contributed by atoms with van der Waals surface area (Å²) in [5.74, 6) is 0.475. The summed E-state index contributed by atoms with van der Waals surface area (Å²) in [7, 11) is 0. The molecule has 2 aromatic rings. The van der Waals surface area contributed by atoms with Gasteiger partial charge in [0.25, 0.3) is 0 Å². The van der Waals surface area contributed by atoms with Gasteiger partial charge in [-0.1, -0.05) is 12.1 Å². The Bertz CT molecular complexity index is 871. The van der Waals surface area contributed by atoms with Gasteiger partial charge in [-0.3, -0.25) is 9.59 Å². The summed E-state index contributed by atoms with van der Waals surface area (Å²) in [5, 5.41) is 0. The van der Waals surface area contributed by atoms with E-state index >= 15 is 0 Å². The molecule has 0 N–H and O–H groups in total. The van der Waals surface area contributed by atoms with Crippen molar-refractivity contribution in [2.24, 2.45) is 11.8 Å². The molecular weight excluding hydrogens is 387 g/mol. The number of carbonyl (C=O) groups excluding carboxylic acids is 2. The standard InChI is InChI=1S/C23H27FN2O2S/c1-16-2-11-21(29-16)14-25(12-18-5-9-20(24)10-6-18)22(27)15-26(13-17-3-4-17)23(28)19-7-8-19/h2,5-6,9-11,17,19H,3-4,7-8,12-15H2,1H3. The second-order valence-electron chi connectivity index (χ2n) is 8.33. The Morgan fingerprint density at radius 2 is 1.72 bits per heavy atom. The molecule has 2 aliphatic rings. The molecule has 0 bridgehead atoms. The summed E-state index contributed by atoms with van der Waals surface area (Å²) >= 11 is 1.67. The van der Waals surface area contributed by atoms with Gasteiger partial charge in [0, 0.05) is 28.8 Å². The van der Waals surface area contributed by atoms with Crippen LogP contribution < -0.4 is 0 Å². The van der Waals surface area contributed by atoms with Gasteiger partial charge in [0.15, 0.2) is 0 Å². The Morgan fingerprint density at radius 3 is 2.31 bits per heavy atom. The first-order valence-electron chi connectivity index (χ1n) is 10.3. The van der Waals surface area contributed by atoms with E-state index in [2.05, 4.69) is 6.07 Å². The van der Waals surface area contributed by atoms with Gasteiger partial charge >= 0.3 is 0 Å². The lowest BCUT2D eigenvalue weighted by Gasteiger charge is -2.28. The van der Waals surface area contributed by atoms with Crippen LogP contribution in [0.3, 0.4) is 0 Å². The zero-order valence-electron chi connectivity index (χ0n) is 16.8. The van der Waals surface area contributed by atoms with E-state index in [9.17, 15) is 14.0 Å². The smallest absolute Gasteiger partial charge is 0.242 e. The first kappa shape index (κ1) is 20.1. The summed E-state index contributed by atoms with van der Waals surface area (Å²) < 4.78 is 13.3. The molecule has 2 fully saturated rings. The number of amides is 2. The Morgan fingerprint density at radius 1 is 1.00 bits per heavy atom. The molecule has 0 radical (unpaired) electrons. The first-order chi connectivity index (χ1) is 14.0. The fourth-order valence-corrected chi connectivity index (χ4v) is 4.40. The van der Waals surface area contributed by atoms with Crippen molar-refractivity contribution in [1.82, 2.24) is 9.80 Å². The van der Waals surface area contributed by atoms with Gasteiger partial charge in [0.1, 0.15) is 5.82 Å². The van der Waals surface area contributed by atoms with Crippen molar-refractivity contribution in [2.45, 2.75) is 45.7 Å². The van der Waals surface area contributed by atoms with E-state index in [1.807, 2.05) is 13.0 Å². The SMILES string of the molecule is Cc1ccc(CN(Cc2ccc(F)cc2)C(=O)CN(CC2CC2)C(=O)C2CC2)s1. The number of hydrogen-bond donors (Lipinski definition) is 0. The minimum atomic E-state index is -0.286. The summed E-state index contributed by atoms with van der Waals surface area (Å²) in [6.45, 7) is 3.79. The maximum atomic E-state index is 13.3. The highest BCUT2D eigenvalue weighted by Gasteiger charge is 2.37. The van der Waals surface area contributed by atoms with Crippen LogP contribution in [-0.2, 0) is 22.7 Å². The molecule has 154 valence electrons. The Labute approximate surface area is 175 Å². The fraction of sp³-hybridized carbons (Fsp3) is 0.478. The van der Waals surface area contributed by atoms with E-state index in [1.54, 1.807) is 33.3 Å². The highest BCUT2D eigenvalue weighted by Crippen LogP contribution is 2.34. The number of thiophene rings is 1. The van der Waals surface area contributed by atoms with Crippen LogP contribution in [0.5, 0.6) is 0 Å². The third-order valence-electron chi connectivity index (χ3n) is 5.52. The molecule has 0 atom stereocenters. The molecule has 2 saturated carbocycles. The minimum absolute atomic E-state index is 0.0463. The molecule has 2 amide bonds. The molecule has 0 saturated heterocycles. The summed E-state index contributed by atoms with van der Waals surface area (Å²) in [6, 6.07) is 10.4. The van der Waals surface area contributed by atoms with E-state index < -0.39 is 0 Å². The topological polar surface area (TPSA) is 40.6 Å². The molecule has 0 aliphatic heterocycles. The molecule has 29 heavy (non-hydrogen) atoms. The second-order valence-corrected chi connectivity index (χ2v) is 9.70. The van der Waals surface area contributed by atoms with Crippen molar-refractivity contribution >= 4 is 23.2 Å². The van der Waals surface area contributed by atoms with Crippen LogP contribution in [0.1, 0.15) is 41.0 Å². The van der Waals surface area contributed by atoms with Gasteiger partial charge in [0.2, 0.25) is 11.8 Å². The number of halogens is 1. The molecule has 0 spiro atoms. The van der Waals surface area contributed by atoms with Crippen LogP contribution >= 0.6 is 11.3 Å². The van der Waals surface area contributed by atoms with Crippen LogP contribution in [0, 0.1) is 24.6 Å². The predicted molar refractivity (Wildman–Crippen MR) is 112 cm³/mol. The van der Waals surface area contributed by atoms with Crippen molar-refractivity contribution in [3.8, 4) is 0 Å². The molecular formula is C23H27FN2O2S. The molecule has 2 aliphatic carbocycles.